The van der Waals surface area contributed by atoms with E-state index in [-0.39, 0.29) is 12.3 Å². The third-order valence-corrected chi connectivity index (χ3v) is 2.89. The molecule has 0 atom stereocenters. The lowest BCUT2D eigenvalue weighted by molar-refractivity contribution is -0.145. The summed E-state index contributed by atoms with van der Waals surface area (Å²) in [4.78, 5) is 24.8. The summed E-state index contributed by atoms with van der Waals surface area (Å²) in [5, 5.41) is 0. The van der Waals surface area contributed by atoms with Crippen LogP contribution in [0.25, 0.3) is 5.57 Å². The number of carbonyl (C=O) groups excluding carboxylic acids is 2. The van der Waals surface area contributed by atoms with Gasteiger partial charge in [-0.3, -0.25) is 9.59 Å². The van der Waals surface area contributed by atoms with Crippen LogP contribution in [0.15, 0.2) is 36.5 Å². The van der Waals surface area contributed by atoms with Crippen molar-refractivity contribution < 1.29 is 14.3 Å². The molecule has 0 aliphatic carbocycles. The second kappa shape index (κ2) is 8.15. The average molecular weight is 275 g/mol. The molecule has 1 rings (SSSR count). The lowest BCUT2D eigenvalue weighted by Crippen LogP contribution is -2.29. The molecule has 0 bridgehead atoms. The van der Waals surface area contributed by atoms with Crippen LogP contribution in [0.4, 0.5) is 0 Å². The highest BCUT2D eigenvalue weighted by atomic mass is 16.5. The summed E-state index contributed by atoms with van der Waals surface area (Å²) < 4.78 is 4.53. The molecule has 0 heterocycles. The molecular weight excluding hydrogens is 254 g/mol. The van der Waals surface area contributed by atoms with E-state index in [0.29, 0.717) is 6.54 Å². The summed E-state index contributed by atoms with van der Waals surface area (Å²) in [6.45, 7) is 4.52. The van der Waals surface area contributed by atoms with E-state index < -0.39 is 5.97 Å². The van der Waals surface area contributed by atoms with Crippen LogP contribution < -0.4 is 0 Å². The normalized spacial score (nSPS) is 11.1. The van der Waals surface area contributed by atoms with Crippen LogP contribution in [-0.2, 0) is 14.3 Å². The molecule has 0 saturated carbocycles. The number of benzene rings is 1. The predicted octanol–water partition coefficient (Wildman–Crippen LogP) is 2.85. The van der Waals surface area contributed by atoms with Gasteiger partial charge in [-0.2, -0.15) is 0 Å². The minimum absolute atomic E-state index is 0.227. The van der Waals surface area contributed by atoms with Gasteiger partial charge in [-0.25, -0.2) is 0 Å². The number of amides is 1. The van der Waals surface area contributed by atoms with Crippen LogP contribution in [0, 0.1) is 0 Å². The maximum Gasteiger partial charge on any atom is 0.315 e. The Labute approximate surface area is 120 Å². The molecular formula is C16H21NO3. The second-order valence-electron chi connectivity index (χ2n) is 4.52. The summed E-state index contributed by atoms with van der Waals surface area (Å²) in [5.41, 5.74) is 2.04. The first-order valence-corrected chi connectivity index (χ1v) is 6.68. The molecule has 20 heavy (non-hydrogen) atoms. The Morgan fingerprint density at radius 1 is 1.25 bits per heavy atom. The summed E-state index contributed by atoms with van der Waals surface area (Å²) in [6.07, 6.45) is 2.39. The van der Waals surface area contributed by atoms with Gasteiger partial charge >= 0.3 is 5.97 Å². The fourth-order valence-electron chi connectivity index (χ4n) is 1.81. The maximum atomic E-state index is 12.0. The molecule has 0 unspecified atom stereocenters. The third kappa shape index (κ3) is 4.88. The van der Waals surface area contributed by atoms with E-state index in [1.54, 1.807) is 11.1 Å². The van der Waals surface area contributed by atoms with E-state index in [2.05, 4.69) is 4.74 Å². The first-order valence-electron chi connectivity index (χ1n) is 6.68. The summed E-state index contributed by atoms with van der Waals surface area (Å²) in [7, 11) is 1.28. The van der Waals surface area contributed by atoms with E-state index >= 15 is 0 Å². The zero-order chi connectivity index (χ0) is 15.0. The Morgan fingerprint density at radius 2 is 1.90 bits per heavy atom. The van der Waals surface area contributed by atoms with Gasteiger partial charge in [-0.05, 0) is 24.5 Å². The summed E-state index contributed by atoms with van der Waals surface area (Å²) in [6, 6.07) is 9.82. The molecule has 0 fully saturated rings. The number of allylic oxidation sites excluding steroid dienone is 1. The van der Waals surface area contributed by atoms with Crippen molar-refractivity contribution >= 4 is 17.4 Å². The molecule has 0 aliphatic rings. The minimum Gasteiger partial charge on any atom is -0.469 e. The zero-order valence-corrected chi connectivity index (χ0v) is 12.3. The van der Waals surface area contributed by atoms with Gasteiger partial charge in [-0.15, -0.1) is 0 Å². The highest BCUT2D eigenvalue weighted by molar-refractivity contribution is 5.95. The van der Waals surface area contributed by atoms with Crippen molar-refractivity contribution in [3.63, 3.8) is 0 Å². The predicted molar refractivity (Wildman–Crippen MR) is 78.7 cm³/mol. The average Bonchev–Trinajstić information content (AvgIpc) is 2.47. The van der Waals surface area contributed by atoms with E-state index in [4.69, 9.17) is 0 Å². The number of nitrogens with zero attached hydrogens (tertiary/aromatic N) is 1. The van der Waals surface area contributed by atoms with Crippen molar-refractivity contribution in [3.8, 4) is 0 Å². The molecule has 1 aromatic carbocycles. The van der Waals surface area contributed by atoms with Crippen molar-refractivity contribution in [2.75, 3.05) is 13.7 Å². The Bertz CT molecular complexity index is 480. The molecule has 0 aromatic heterocycles. The molecule has 1 aromatic rings. The lowest BCUT2D eigenvalue weighted by atomic mass is 10.1. The quantitative estimate of drug-likeness (QED) is 0.592. The topological polar surface area (TPSA) is 46.6 Å². The number of methoxy groups -OCH3 is 1. The molecule has 0 saturated heterocycles. The summed E-state index contributed by atoms with van der Waals surface area (Å²) in [5.74, 6) is -0.754. The van der Waals surface area contributed by atoms with Crippen LogP contribution >= 0.6 is 0 Å². The van der Waals surface area contributed by atoms with E-state index in [0.717, 1.165) is 17.6 Å². The Balaban J connectivity index is 2.85. The van der Waals surface area contributed by atoms with Gasteiger partial charge in [0.25, 0.3) is 0 Å². The van der Waals surface area contributed by atoms with Gasteiger partial charge in [0.1, 0.15) is 6.42 Å². The van der Waals surface area contributed by atoms with Crippen molar-refractivity contribution in [2.45, 2.75) is 26.7 Å². The highest BCUT2D eigenvalue weighted by Gasteiger charge is 2.15. The highest BCUT2D eigenvalue weighted by Crippen LogP contribution is 2.14. The van der Waals surface area contributed by atoms with Crippen LogP contribution in [0.5, 0.6) is 0 Å². The molecule has 1 amide bonds. The summed E-state index contributed by atoms with van der Waals surface area (Å²) >= 11 is 0. The number of hydrogen-bond donors (Lipinski definition) is 0. The SMILES string of the molecule is CCCN(/C=C(\C)c1ccccc1)C(=O)CC(=O)OC. The minimum atomic E-state index is -0.512. The first kappa shape index (κ1) is 16.0. The fourth-order valence-corrected chi connectivity index (χ4v) is 1.81. The number of carbonyl (C=O) groups is 2. The first-order chi connectivity index (χ1) is 9.58. The third-order valence-electron chi connectivity index (χ3n) is 2.89. The Kier molecular flexibility index (Phi) is 6.50. The molecule has 108 valence electrons. The monoisotopic (exact) mass is 275 g/mol. The van der Waals surface area contributed by atoms with E-state index in [1.807, 2.05) is 44.2 Å². The van der Waals surface area contributed by atoms with Gasteiger partial charge in [0, 0.05) is 12.7 Å². The van der Waals surface area contributed by atoms with Gasteiger partial charge < -0.3 is 9.64 Å². The number of esters is 1. The van der Waals surface area contributed by atoms with Crippen molar-refractivity contribution in [3.05, 3.63) is 42.1 Å². The lowest BCUT2D eigenvalue weighted by Gasteiger charge is -2.18. The van der Waals surface area contributed by atoms with Crippen molar-refractivity contribution in [1.29, 1.82) is 0 Å². The van der Waals surface area contributed by atoms with Crippen LogP contribution in [0.3, 0.4) is 0 Å². The molecule has 0 spiro atoms. The smallest absolute Gasteiger partial charge is 0.315 e. The fraction of sp³-hybridized carbons (Fsp3) is 0.375. The van der Waals surface area contributed by atoms with Gasteiger partial charge in [0.2, 0.25) is 5.91 Å². The van der Waals surface area contributed by atoms with Gasteiger partial charge in [-0.1, -0.05) is 37.3 Å². The molecule has 0 aliphatic heterocycles. The number of hydrogen-bond acceptors (Lipinski definition) is 3. The van der Waals surface area contributed by atoms with Gasteiger partial charge in [0.15, 0.2) is 0 Å². The number of ether oxygens (including phenoxy) is 1. The molecule has 0 radical (unpaired) electrons. The second-order valence-corrected chi connectivity index (χ2v) is 4.52. The van der Waals surface area contributed by atoms with Gasteiger partial charge in [0.05, 0.1) is 7.11 Å². The van der Waals surface area contributed by atoms with E-state index in [1.165, 1.54) is 7.11 Å². The van der Waals surface area contributed by atoms with Crippen LogP contribution in [-0.4, -0.2) is 30.4 Å². The van der Waals surface area contributed by atoms with E-state index in [9.17, 15) is 9.59 Å². The standard InChI is InChI=1S/C16H21NO3/c1-4-10-17(15(18)11-16(19)20-3)12-13(2)14-8-6-5-7-9-14/h5-9,12H,4,10-11H2,1-3H3/b13-12+. The Hall–Kier alpha value is -2.10. The number of rotatable bonds is 6. The van der Waals surface area contributed by atoms with Crippen LogP contribution in [0.1, 0.15) is 32.3 Å². The molecule has 4 nitrogen and oxygen atoms in total. The van der Waals surface area contributed by atoms with Crippen LogP contribution in [0.2, 0.25) is 0 Å². The maximum absolute atomic E-state index is 12.0. The molecule has 4 heteroatoms. The zero-order valence-electron chi connectivity index (χ0n) is 12.3. The Morgan fingerprint density at radius 3 is 2.45 bits per heavy atom. The molecule has 0 N–H and O–H groups in total. The van der Waals surface area contributed by atoms with Crippen molar-refractivity contribution in [1.82, 2.24) is 4.90 Å². The largest absolute Gasteiger partial charge is 0.469 e. The van der Waals surface area contributed by atoms with Crippen molar-refractivity contribution in [2.24, 2.45) is 0 Å².